The lowest BCUT2D eigenvalue weighted by atomic mass is 10.1. The number of benzene rings is 1. The minimum Gasteiger partial charge on any atom is -0.455 e. The number of hydrogen-bond acceptors (Lipinski definition) is 4. The Bertz CT molecular complexity index is 832. The van der Waals surface area contributed by atoms with E-state index in [0.29, 0.717) is 49.2 Å². The number of aromatic nitrogens is 1. The topological polar surface area (TPSA) is 62.7 Å². The van der Waals surface area contributed by atoms with Gasteiger partial charge in [0.15, 0.2) is 0 Å². The number of piperazine rings is 1. The Labute approximate surface area is 158 Å². The Hall–Kier alpha value is -2.89. The fourth-order valence-electron chi connectivity index (χ4n) is 3.47. The predicted octanol–water partition coefficient (Wildman–Crippen LogP) is 2.81. The highest BCUT2D eigenvalue weighted by molar-refractivity contribution is 5.97. The molecule has 0 spiro atoms. The van der Waals surface area contributed by atoms with Gasteiger partial charge in [0.2, 0.25) is 5.91 Å². The highest BCUT2D eigenvalue weighted by Crippen LogP contribution is 2.39. The lowest BCUT2D eigenvalue weighted by Crippen LogP contribution is -2.51. The van der Waals surface area contributed by atoms with Gasteiger partial charge < -0.3 is 14.5 Å². The lowest BCUT2D eigenvalue weighted by molar-refractivity contribution is -0.134. The fraction of sp³-hybridized carbons (Fsp3) is 0.381. The predicted molar refractivity (Wildman–Crippen MR) is 101 cm³/mol. The highest BCUT2D eigenvalue weighted by Gasteiger charge is 2.42. The molecule has 2 aromatic rings. The summed E-state index contributed by atoms with van der Waals surface area (Å²) < 4.78 is 5.86. The van der Waals surface area contributed by atoms with Crippen molar-refractivity contribution in [2.75, 3.05) is 26.2 Å². The first-order valence-electron chi connectivity index (χ1n) is 9.38. The summed E-state index contributed by atoms with van der Waals surface area (Å²) in [5, 5.41) is 0. The third-order valence-electron chi connectivity index (χ3n) is 5.28. The van der Waals surface area contributed by atoms with Gasteiger partial charge in [-0.15, -0.1) is 0 Å². The molecule has 0 unspecified atom stereocenters. The summed E-state index contributed by atoms with van der Waals surface area (Å²) in [5.41, 5.74) is 0.525. The number of pyridine rings is 1. The first-order chi connectivity index (χ1) is 13.1. The summed E-state index contributed by atoms with van der Waals surface area (Å²) in [5.74, 6) is 1.98. The van der Waals surface area contributed by atoms with Gasteiger partial charge in [-0.3, -0.25) is 14.6 Å². The molecule has 2 amide bonds. The first kappa shape index (κ1) is 17.5. The fourth-order valence-corrected chi connectivity index (χ4v) is 3.47. The van der Waals surface area contributed by atoms with Gasteiger partial charge in [0.1, 0.15) is 11.5 Å². The van der Waals surface area contributed by atoms with Gasteiger partial charge in [-0.1, -0.05) is 19.1 Å². The number of nitrogens with zero attached hydrogens (tertiary/aromatic N) is 3. The van der Waals surface area contributed by atoms with Gasteiger partial charge in [0, 0.05) is 38.3 Å². The summed E-state index contributed by atoms with van der Waals surface area (Å²) in [7, 11) is 0. The quantitative estimate of drug-likeness (QED) is 0.836. The van der Waals surface area contributed by atoms with E-state index in [1.54, 1.807) is 41.6 Å². The summed E-state index contributed by atoms with van der Waals surface area (Å²) >= 11 is 0. The molecule has 1 aliphatic heterocycles. The molecule has 0 bridgehead atoms. The van der Waals surface area contributed by atoms with Crippen LogP contribution in [-0.4, -0.2) is 52.8 Å². The molecule has 0 N–H and O–H groups in total. The molecule has 1 aliphatic carbocycles. The van der Waals surface area contributed by atoms with Crippen LogP contribution in [0.3, 0.4) is 0 Å². The van der Waals surface area contributed by atoms with Crippen molar-refractivity contribution in [3.05, 3.63) is 54.4 Å². The second-order valence-corrected chi connectivity index (χ2v) is 7.22. The van der Waals surface area contributed by atoms with Crippen LogP contribution in [0.25, 0.3) is 0 Å². The second-order valence-electron chi connectivity index (χ2n) is 7.22. The van der Waals surface area contributed by atoms with Gasteiger partial charge in [-0.2, -0.15) is 0 Å². The Kier molecular flexibility index (Phi) is 4.79. The monoisotopic (exact) mass is 365 g/mol. The molecule has 1 saturated carbocycles. The molecule has 4 rings (SSSR count). The van der Waals surface area contributed by atoms with Crippen LogP contribution in [0.5, 0.6) is 11.5 Å². The van der Waals surface area contributed by atoms with Crippen LogP contribution in [0.4, 0.5) is 0 Å². The molecule has 27 heavy (non-hydrogen) atoms. The zero-order valence-electron chi connectivity index (χ0n) is 15.4. The van der Waals surface area contributed by atoms with Crippen molar-refractivity contribution in [1.29, 1.82) is 0 Å². The number of carbonyl (C=O) groups is 2. The molecule has 6 heteroatoms. The van der Waals surface area contributed by atoms with Gasteiger partial charge in [0.25, 0.3) is 5.91 Å². The lowest BCUT2D eigenvalue weighted by Gasteiger charge is -2.35. The number of carbonyl (C=O) groups excluding carboxylic acids is 2. The average Bonchev–Trinajstić information content (AvgIpc) is 3.45. The van der Waals surface area contributed by atoms with Gasteiger partial charge in [-0.05, 0) is 36.6 Å². The summed E-state index contributed by atoms with van der Waals surface area (Å²) in [6.07, 6.45) is 4.29. The molecule has 2 aliphatic rings. The van der Waals surface area contributed by atoms with Crippen molar-refractivity contribution < 1.29 is 14.3 Å². The molecule has 2 heterocycles. The Morgan fingerprint density at radius 3 is 2.41 bits per heavy atom. The minimum absolute atomic E-state index is 0.0682. The third kappa shape index (κ3) is 3.79. The molecule has 2 atom stereocenters. The van der Waals surface area contributed by atoms with Crippen molar-refractivity contribution in [3.8, 4) is 11.5 Å². The minimum atomic E-state index is -0.0682. The van der Waals surface area contributed by atoms with E-state index < -0.39 is 0 Å². The first-order valence-corrected chi connectivity index (χ1v) is 9.38. The van der Waals surface area contributed by atoms with E-state index >= 15 is 0 Å². The number of amides is 2. The Balaban J connectivity index is 1.42. The molecular weight excluding hydrogens is 342 g/mol. The maximum absolute atomic E-state index is 13.0. The standard InChI is InChI=1S/C21H23N3O3/c1-15-13-18(15)21(26)24-11-9-23(10-12-24)20(25)17-6-2-3-7-19(17)27-16-5-4-8-22-14-16/h2-8,14-15,18H,9-13H2,1H3/t15-,18-/m0/s1. The largest absolute Gasteiger partial charge is 0.455 e. The van der Waals surface area contributed by atoms with E-state index in [-0.39, 0.29) is 17.7 Å². The van der Waals surface area contributed by atoms with E-state index in [1.807, 2.05) is 17.0 Å². The number of hydrogen-bond donors (Lipinski definition) is 0. The molecule has 1 saturated heterocycles. The van der Waals surface area contributed by atoms with Crippen LogP contribution in [0, 0.1) is 11.8 Å². The molecule has 2 fully saturated rings. The normalized spacial score (nSPS) is 21.7. The van der Waals surface area contributed by atoms with E-state index in [9.17, 15) is 9.59 Å². The Morgan fingerprint density at radius 1 is 1.04 bits per heavy atom. The van der Waals surface area contributed by atoms with Crippen LogP contribution < -0.4 is 4.74 Å². The van der Waals surface area contributed by atoms with Crippen LogP contribution in [-0.2, 0) is 4.79 Å². The van der Waals surface area contributed by atoms with Crippen LogP contribution >= 0.6 is 0 Å². The van der Waals surface area contributed by atoms with E-state index in [1.165, 1.54) is 0 Å². The number of para-hydroxylation sites is 1. The smallest absolute Gasteiger partial charge is 0.257 e. The molecule has 1 aromatic carbocycles. The molecular formula is C21H23N3O3. The number of rotatable bonds is 4. The molecule has 1 aromatic heterocycles. The van der Waals surface area contributed by atoms with E-state index in [2.05, 4.69) is 11.9 Å². The van der Waals surface area contributed by atoms with E-state index in [0.717, 1.165) is 6.42 Å². The molecule has 140 valence electrons. The van der Waals surface area contributed by atoms with Crippen LogP contribution in [0.1, 0.15) is 23.7 Å². The van der Waals surface area contributed by atoms with Gasteiger partial charge >= 0.3 is 0 Å². The van der Waals surface area contributed by atoms with Crippen molar-refractivity contribution >= 4 is 11.8 Å². The van der Waals surface area contributed by atoms with Crippen molar-refractivity contribution in [1.82, 2.24) is 14.8 Å². The summed E-state index contributed by atoms with van der Waals surface area (Å²) in [6.45, 7) is 4.40. The van der Waals surface area contributed by atoms with Crippen molar-refractivity contribution in [2.24, 2.45) is 11.8 Å². The zero-order valence-corrected chi connectivity index (χ0v) is 15.4. The SMILES string of the molecule is C[C@H]1C[C@@H]1C(=O)N1CCN(C(=O)c2ccccc2Oc2cccnc2)CC1. The van der Waals surface area contributed by atoms with Crippen molar-refractivity contribution in [3.63, 3.8) is 0 Å². The zero-order chi connectivity index (χ0) is 18.8. The Morgan fingerprint density at radius 2 is 1.74 bits per heavy atom. The summed E-state index contributed by atoms with van der Waals surface area (Å²) in [6, 6.07) is 10.8. The second kappa shape index (κ2) is 7.39. The molecule has 6 nitrogen and oxygen atoms in total. The summed E-state index contributed by atoms with van der Waals surface area (Å²) in [4.78, 5) is 33.1. The maximum atomic E-state index is 13.0. The van der Waals surface area contributed by atoms with Crippen LogP contribution in [0.15, 0.2) is 48.8 Å². The highest BCUT2D eigenvalue weighted by atomic mass is 16.5. The third-order valence-corrected chi connectivity index (χ3v) is 5.28. The van der Waals surface area contributed by atoms with Gasteiger partial charge in [-0.25, -0.2) is 0 Å². The number of ether oxygens (including phenoxy) is 1. The average molecular weight is 365 g/mol. The molecule has 0 radical (unpaired) electrons. The van der Waals surface area contributed by atoms with Crippen molar-refractivity contribution in [2.45, 2.75) is 13.3 Å². The van der Waals surface area contributed by atoms with Crippen LogP contribution in [0.2, 0.25) is 0 Å². The van der Waals surface area contributed by atoms with E-state index in [4.69, 9.17) is 4.74 Å². The maximum Gasteiger partial charge on any atom is 0.257 e. The van der Waals surface area contributed by atoms with Gasteiger partial charge in [0.05, 0.1) is 11.8 Å².